The second-order valence-corrected chi connectivity index (χ2v) is 7.35. The third-order valence-corrected chi connectivity index (χ3v) is 5.33. The van der Waals surface area contributed by atoms with Crippen LogP contribution < -0.4 is 10.6 Å². The molecule has 0 saturated heterocycles. The molecule has 1 saturated carbocycles. The van der Waals surface area contributed by atoms with E-state index in [4.69, 9.17) is 23.8 Å². The number of benzene rings is 2. The zero-order chi connectivity index (χ0) is 16.8. The molecule has 0 atom stereocenters. The molecule has 126 valence electrons. The molecule has 2 aromatic rings. The van der Waals surface area contributed by atoms with Crippen molar-refractivity contribution >= 4 is 34.6 Å². The molecule has 2 nitrogen and oxygen atoms in total. The summed E-state index contributed by atoms with van der Waals surface area (Å²) in [6.07, 6.45) is 7.03. The Morgan fingerprint density at radius 1 is 1.00 bits per heavy atom. The highest BCUT2D eigenvalue weighted by Crippen LogP contribution is 2.34. The van der Waals surface area contributed by atoms with Crippen molar-refractivity contribution in [2.75, 3.05) is 5.32 Å². The van der Waals surface area contributed by atoms with Gasteiger partial charge in [-0.1, -0.05) is 66.9 Å². The van der Waals surface area contributed by atoms with Crippen molar-refractivity contribution in [2.45, 2.75) is 44.1 Å². The third-order valence-electron chi connectivity index (χ3n) is 4.80. The van der Waals surface area contributed by atoms with E-state index < -0.39 is 0 Å². The highest BCUT2D eigenvalue weighted by Gasteiger charge is 2.34. The monoisotopic (exact) mass is 358 g/mol. The summed E-state index contributed by atoms with van der Waals surface area (Å²) in [4.78, 5) is 0. The molecule has 0 aromatic heterocycles. The molecule has 1 fully saturated rings. The summed E-state index contributed by atoms with van der Waals surface area (Å²) in [7, 11) is 0. The Labute approximate surface area is 154 Å². The maximum Gasteiger partial charge on any atom is 0.171 e. The highest BCUT2D eigenvalue weighted by molar-refractivity contribution is 7.80. The Bertz CT molecular complexity index is 681. The third kappa shape index (κ3) is 4.49. The Morgan fingerprint density at radius 3 is 2.38 bits per heavy atom. The Balaban J connectivity index is 1.63. The van der Waals surface area contributed by atoms with Gasteiger partial charge in [0.05, 0.1) is 10.7 Å². The van der Waals surface area contributed by atoms with Crippen LogP contribution >= 0.6 is 23.8 Å². The van der Waals surface area contributed by atoms with E-state index in [1.165, 1.54) is 31.2 Å². The number of nitrogens with one attached hydrogen (secondary N) is 2. The van der Waals surface area contributed by atoms with Crippen LogP contribution in [0.15, 0.2) is 54.6 Å². The first-order chi connectivity index (χ1) is 11.7. The predicted molar refractivity (Wildman–Crippen MR) is 107 cm³/mol. The Morgan fingerprint density at radius 2 is 1.67 bits per heavy atom. The lowest BCUT2D eigenvalue weighted by atomic mass is 9.89. The van der Waals surface area contributed by atoms with Gasteiger partial charge in [-0.25, -0.2) is 0 Å². The summed E-state index contributed by atoms with van der Waals surface area (Å²) in [5.41, 5.74) is 2.34. The van der Waals surface area contributed by atoms with E-state index in [9.17, 15) is 0 Å². The number of aryl methyl sites for hydroxylation is 1. The number of anilines is 1. The van der Waals surface area contributed by atoms with E-state index in [1.54, 1.807) is 0 Å². The predicted octanol–water partition coefficient (Wildman–Crippen LogP) is 5.57. The maximum absolute atomic E-state index is 6.21. The number of para-hydroxylation sites is 1. The fourth-order valence-corrected chi connectivity index (χ4v) is 3.98. The summed E-state index contributed by atoms with van der Waals surface area (Å²) in [5.74, 6) is 0. The second kappa shape index (κ2) is 8.00. The molecule has 3 rings (SSSR count). The molecule has 0 bridgehead atoms. The van der Waals surface area contributed by atoms with Gasteiger partial charge in [-0.3, -0.25) is 0 Å². The minimum absolute atomic E-state index is 0.0984. The summed E-state index contributed by atoms with van der Waals surface area (Å²) < 4.78 is 0. The molecule has 1 aliphatic carbocycles. The van der Waals surface area contributed by atoms with Crippen molar-refractivity contribution in [3.63, 3.8) is 0 Å². The van der Waals surface area contributed by atoms with Crippen LogP contribution in [0.1, 0.15) is 37.7 Å². The molecule has 24 heavy (non-hydrogen) atoms. The van der Waals surface area contributed by atoms with Crippen LogP contribution in [0.3, 0.4) is 0 Å². The average molecular weight is 359 g/mol. The summed E-state index contributed by atoms with van der Waals surface area (Å²) in [6, 6.07) is 18.4. The molecule has 1 aliphatic rings. The van der Waals surface area contributed by atoms with Crippen molar-refractivity contribution in [2.24, 2.45) is 0 Å². The molecule has 0 unspecified atom stereocenters. The standard InChI is InChI=1S/C20H23ClN2S/c21-17-10-4-5-11-18(17)22-19(24)23-20(13-6-7-14-20)15-12-16-8-2-1-3-9-16/h1-5,8-11H,6-7,12-15H2,(H2,22,23,24). The zero-order valence-corrected chi connectivity index (χ0v) is 15.3. The molecule has 0 aliphatic heterocycles. The zero-order valence-electron chi connectivity index (χ0n) is 13.7. The first-order valence-electron chi connectivity index (χ1n) is 8.55. The molecule has 0 radical (unpaired) electrons. The topological polar surface area (TPSA) is 24.1 Å². The molecule has 2 aromatic carbocycles. The highest BCUT2D eigenvalue weighted by atomic mass is 35.5. The Hall–Kier alpha value is -1.58. The van der Waals surface area contributed by atoms with Gasteiger partial charge >= 0.3 is 0 Å². The van der Waals surface area contributed by atoms with Crippen LogP contribution in [-0.4, -0.2) is 10.7 Å². The van der Waals surface area contributed by atoms with Crippen molar-refractivity contribution in [3.8, 4) is 0 Å². The SMILES string of the molecule is S=C(Nc1ccccc1Cl)NC1(CCc2ccccc2)CCCC1. The smallest absolute Gasteiger partial charge is 0.171 e. The summed E-state index contributed by atoms with van der Waals surface area (Å²) >= 11 is 11.8. The molecular formula is C20H23ClN2S. The molecule has 0 amide bonds. The number of hydrogen-bond acceptors (Lipinski definition) is 1. The average Bonchev–Trinajstić information content (AvgIpc) is 3.05. The maximum atomic E-state index is 6.21. The van der Waals surface area contributed by atoms with Gasteiger partial charge < -0.3 is 10.6 Å². The van der Waals surface area contributed by atoms with E-state index in [0.29, 0.717) is 10.1 Å². The van der Waals surface area contributed by atoms with E-state index in [0.717, 1.165) is 18.5 Å². The number of thiocarbonyl (C=S) groups is 1. The lowest BCUT2D eigenvalue weighted by Crippen LogP contribution is -2.48. The van der Waals surface area contributed by atoms with Crippen molar-refractivity contribution in [1.82, 2.24) is 5.32 Å². The van der Waals surface area contributed by atoms with Crippen molar-refractivity contribution in [1.29, 1.82) is 0 Å². The first-order valence-corrected chi connectivity index (χ1v) is 9.33. The molecule has 4 heteroatoms. The van der Waals surface area contributed by atoms with Gasteiger partial charge in [-0.15, -0.1) is 0 Å². The molecular weight excluding hydrogens is 336 g/mol. The second-order valence-electron chi connectivity index (χ2n) is 6.53. The van der Waals surface area contributed by atoms with Crippen LogP contribution in [0, 0.1) is 0 Å². The van der Waals surface area contributed by atoms with Crippen LogP contribution in [-0.2, 0) is 6.42 Å². The largest absolute Gasteiger partial charge is 0.357 e. The number of rotatable bonds is 5. The van der Waals surface area contributed by atoms with Gasteiger partial charge in [0.2, 0.25) is 0 Å². The van der Waals surface area contributed by atoms with Gasteiger partial charge in [-0.05, 0) is 55.6 Å². The lowest BCUT2D eigenvalue weighted by molar-refractivity contribution is 0.362. The lowest BCUT2D eigenvalue weighted by Gasteiger charge is -2.32. The molecule has 0 heterocycles. The van der Waals surface area contributed by atoms with Crippen LogP contribution in [0.4, 0.5) is 5.69 Å². The molecule has 2 N–H and O–H groups in total. The first kappa shape index (κ1) is 17.2. The van der Waals surface area contributed by atoms with E-state index in [1.807, 2.05) is 24.3 Å². The fraction of sp³-hybridized carbons (Fsp3) is 0.350. The van der Waals surface area contributed by atoms with Gasteiger partial charge in [0.1, 0.15) is 0 Å². The molecule has 0 spiro atoms. The van der Waals surface area contributed by atoms with E-state index in [2.05, 4.69) is 41.0 Å². The summed E-state index contributed by atoms with van der Waals surface area (Å²) in [5, 5.41) is 8.20. The van der Waals surface area contributed by atoms with E-state index in [-0.39, 0.29) is 5.54 Å². The minimum Gasteiger partial charge on any atom is -0.357 e. The van der Waals surface area contributed by atoms with Crippen LogP contribution in [0.25, 0.3) is 0 Å². The van der Waals surface area contributed by atoms with Gasteiger partial charge in [-0.2, -0.15) is 0 Å². The normalized spacial score (nSPS) is 15.9. The number of halogens is 1. The van der Waals surface area contributed by atoms with Crippen molar-refractivity contribution in [3.05, 3.63) is 65.2 Å². The minimum atomic E-state index is 0.0984. The summed E-state index contributed by atoms with van der Waals surface area (Å²) in [6.45, 7) is 0. The van der Waals surface area contributed by atoms with Gasteiger partial charge in [0, 0.05) is 5.54 Å². The van der Waals surface area contributed by atoms with E-state index >= 15 is 0 Å². The number of hydrogen-bond donors (Lipinski definition) is 2. The van der Waals surface area contributed by atoms with Gasteiger partial charge in [0.25, 0.3) is 0 Å². The van der Waals surface area contributed by atoms with Gasteiger partial charge in [0.15, 0.2) is 5.11 Å². The van der Waals surface area contributed by atoms with Crippen molar-refractivity contribution < 1.29 is 0 Å². The van der Waals surface area contributed by atoms with Crippen LogP contribution in [0.2, 0.25) is 5.02 Å². The fourth-order valence-electron chi connectivity index (χ4n) is 3.47. The Kier molecular flexibility index (Phi) is 5.75. The quantitative estimate of drug-likeness (QED) is 0.683. The van der Waals surface area contributed by atoms with Crippen LogP contribution in [0.5, 0.6) is 0 Å².